The summed E-state index contributed by atoms with van der Waals surface area (Å²) in [5.74, 6) is 0.530. The Morgan fingerprint density at radius 3 is 2.60 bits per heavy atom. The van der Waals surface area contributed by atoms with Crippen molar-refractivity contribution < 1.29 is 4.42 Å². The molecular weight excluding hydrogens is 268 g/mol. The van der Waals surface area contributed by atoms with Crippen molar-refractivity contribution in [3.63, 3.8) is 0 Å². The molecule has 0 spiro atoms. The number of nitrogens with one attached hydrogen (secondary N) is 1. The highest BCUT2D eigenvalue weighted by Crippen LogP contribution is 2.35. The lowest BCUT2D eigenvalue weighted by Crippen LogP contribution is -2.18. The Bertz CT molecular complexity index is 709. The minimum absolute atomic E-state index is 0.209. The standard InChI is InChI=1S/C16H12N2OS/c17-10-13-12(15-7-4-8-19-15)9-14(18-16(13)20)11-5-2-1-3-6-11/h1-9,12,18,20H/t12-/m1/s1. The van der Waals surface area contributed by atoms with E-state index in [4.69, 9.17) is 4.42 Å². The van der Waals surface area contributed by atoms with Gasteiger partial charge >= 0.3 is 0 Å². The van der Waals surface area contributed by atoms with Gasteiger partial charge in [0.25, 0.3) is 0 Å². The first kappa shape index (κ1) is 12.6. The molecule has 3 nitrogen and oxygen atoms in total. The Labute approximate surface area is 122 Å². The summed E-state index contributed by atoms with van der Waals surface area (Å²) in [7, 11) is 0. The van der Waals surface area contributed by atoms with Crippen LogP contribution in [0, 0.1) is 11.3 Å². The largest absolute Gasteiger partial charge is 0.468 e. The third-order valence-electron chi connectivity index (χ3n) is 3.21. The molecule has 0 fully saturated rings. The zero-order valence-corrected chi connectivity index (χ0v) is 11.5. The minimum Gasteiger partial charge on any atom is -0.468 e. The van der Waals surface area contributed by atoms with Gasteiger partial charge in [0.1, 0.15) is 5.76 Å². The van der Waals surface area contributed by atoms with Gasteiger partial charge in [0, 0.05) is 5.70 Å². The van der Waals surface area contributed by atoms with Crippen molar-refractivity contribution in [3.05, 3.63) is 76.7 Å². The summed E-state index contributed by atoms with van der Waals surface area (Å²) < 4.78 is 5.45. The van der Waals surface area contributed by atoms with Gasteiger partial charge in [-0.15, -0.1) is 12.6 Å². The summed E-state index contributed by atoms with van der Waals surface area (Å²) in [5.41, 5.74) is 2.53. The highest BCUT2D eigenvalue weighted by Gasteiger charge is 2.25. The average molecular weight is 280 g/mol. The van der Waals surface area contributed by atoms with E-state index >= 15 is 0 Å². The molecule has 1 aromatic heterocycles. The van der Waals surface area contributed by atoms with Crippen LogP contribution >= 0.6 is 12.6 Å². The molecular formula is C16H12N2OS. The van der Waals surface area contributed by atoms with Gasteiger partial charge in [0.2, 0.25) is 0 Å². The fraction of sp³-hybridized carbons (Fsp3) is 0.0625. The number of dihydropyridines is 1. The molecule has 4 heteroatoms. The Morgan fingerprint density at radius 1 is 1.15 bits per heavy atom. The molecule has 0 aliphatic carbocycles. The maximum Gasteiger partial charge on any atom is 0.115 e. The monoisotopic (exact) mass is 280 g/mol. The minimum atomic E-state index is -0.209. The summed E-state index contributed by atoms with van der Waals surface area (Å²) in [6.45, 7) is 0. The van der Waals surface area contributed by atoms with Gasteiger partial charge in [-0.05, 0) is 23.8 Å². The molecule has 1 N–H and O–H groups in total. The van der Waals surface area contributed by atoms with Gasteiger partial charge in [0.15, 0.2) is 0 Å². The highest BCUT2D eigenvalue weighted by atomic mass is 32.1. The summed E-state index contributed by atoms with van der Waals surface area (Å²) in [4.78, 5) is 0. The van der Waals surface area contributed by atoms with Gasteiger partial charge < -0.3 is 9.73 Å². The maximum absolute atomic E-state index is 9.32. The van der Waals surface area contributed by atoms with Crippen LogP contribution in [-0.2, 0) is 0 Å². The highest BCUT2D eigenvalue weighted by molar-refractivity contribution is 7.84. The molecule has 98 valence electrons. The molecule has 0 bridgehead atoms. The van der Waals surface area contributed by atoms with Crippen LogP contribution in [0.4, 0.5) is 0 Å². The van der Waals surface area contributed by atoms with E-state index < -0.39 is 0 Å². The Balaban J connectivity index is 2.06. The van der Waals surface area contributed by atoms with Crippen molar-refractivity contribution in [1.29, 1.82) is 5.26 Å². The molecule has 3 rings (SSSR count). The van der Waals surface area contributed by atoms with E-state index in [0.717, 1.165) is 17.0 Å². The molecule has 0 saturated carbocycles. The Kier molecular flexibility index (Phi) is 3.36. The van der Waals surface area contributed by atoms with Crippen molar-refractivity contribution in [2.24, 2.45) is 0 Å². The van der Waals surface area contributed by atoms with Crippen molar-refractivity contribution in [3.8, 4) is 6.07 Å². The third-order valence-corrected chi connectivity index (χ3v) is 3.56. The van der Waals surface area contributed by atoms with E-state index in [1.54, 1.807) is 6.26 Å². The predicted octanol–water partition coefficient (Wildman–Crippen LogP) is 3.67. The zero-order valence-electron chi connectivity index (χ0n) is 10.6. The predicted molar refractivity (Wildman–Crippen MR) is 80.6 cm³/mol. The number of hydrogen-bond donors (Lipinski definition) is 2. The molecule has 1 aromatic carbocycles. The Morgan fingerprint density at radius 2 is 1.95 bits per heavy atom. The van der Waals surface area contributed by atoms with Crippen molar-refractivity contribution in [2.45, 2.75) is 5.92 Å². The maximum atomic E-state index is 9.32. The molecule has 1 aliphatic rings. The van der Waals surface area contributed by atoms with Gasteiger partial charge in [-0.2, -0.15) is 5.26 Å². The van der Waals surface area contributed by atoms with Gasteiger partial charge in [0.05, 0.1) is 28.9 Å². The summed E-state index contributed by atoms with van der Waals surface area (Å²) in [6, 6.07) is 15.8. The van der Waals surface area contributed by atoms with E-state index in [9.17, 15) is 5.26 Å². The number of benzene rings is 1. The van der Waals surface area contributed by atoms with Crippen LogP contribution in [-0.4, -0.2) is 0 Å². The average Bonchev–Trinajstić information content (AvgIpc) is 3.01. The van der Waals surface area contributed by atoms with Crippen LogP contribution in [0.15, 0.2) is 69.8 Å². The fourth-order valence-corrected chi connectivity index (χ4v) is 2.54. The van der Waals surface area contributed by atoms with Gasteiger partial charge in [-0.25, -0.2) is 0 Å². The first-order valence-corrected chi connectivity index (χ1v) is 6.65. The number of nitriles is 1. The van der Waals surface area contributed by atoms with E-state index in [2.05, 4.69) is 24.0 Å². The third kappa shape index (κ3) is 2.24. The normalized spacial score (nSPS) is 18.2. The number of hydrogen-bond acceptors (Lipinski definition) is 4. The van der Waals surface area contributed by atoms with E-state index in [1.165, 1.54) is 0 Å². The zero-order chi connectivity index (χ0) is 13.9. The first-order chi connectivity index (χ1) is 9.79. The second-order valence-corrected chi connectivity index (χ2v) is 4.89. The number of rotatable bonds is 2. The van der Waals surface area contributed by atoms with Crippen LogP contribution < -0.4 is 5.32 Å². The molecule has 0 unspecified atom stereocenters. The molecule has 20 heavy (non-hydrogen) atoms. The van der Waals surface area contributed by atoms with Crippen molar-refractivity contribution in [2.75, 3.05) is 0 Å². The molecule has 2 heterocycles. The lowest BCUT2D eigenvalue weighted by Gasteiger charge is -2.22. The van der Waals surface area contributed by atoms with E-state index in [0.29, 0.717) is 10.6 Å². The topological polar surface area (TPSA) is 49.0 Å². The molecule has 0 saturated heterocycles. The summed E-state index contributed by atoms with van der Waals surface area (Å²) in [5, 5.41) is 13.1. The number of thiol groups is 1. The van der Waals surface area contributed by atoms with Crippen molar-refractivity contribution in [1.82, 2.24) is 5.32 Å². The molecule has 2 aromatic rings. The van der Waals surface area contributed by atoms with Crippen LogP contribution in [0.1, 0.15) is 17.2 Å². The number of allylic oxidation sites excluding steroid dienone is 2. The summed E-state index contributed by atoms with van der Waals surface area (Å²) in [6.07, 6.45) is 3.60. The quantitative estimate of drug-likeness (QED) is 0.825. The second kappa shape index (κ2) is 5.32. The lowest BCUT2D eigenvalue weighted by atomic mass is 9.93. The van der Waals surface area contributed by atoms with Gasteiger partial charge in [-0.3, -0.25) is 0 Å². The molecule has 0 radical (unpaired) electrons. The molecule has 1 aliphatic heterocycles. The van der Waals surface area contributed by atoms with Crippen molar-refractivity contribution >= 4 is 18.3 Å². The summed E-state index contributed by atoms with van der Waals surface area (Å²) >= 11 is 4.40. The molecule has 0 amide bonds. The smallest absolute Gasteiger partial charge is 0.115 e. The van der Waals surface area contributed by atoms with Gasteiger partial charge in [-0.1, -0.05) is 30.3 Å². The Hall–Kier alpha value is -2.38. The first-order valence-electron chi connectivity index (χ1n) is 6.20. The van der Waals surface area contributed by atoms with Crippen LogP contribution in [0.3, 0.4) is 0 Å². The molecule has 1 atom stereocenters. The van der Waals surface area contributed by atoms with E-state index in [1.807, 2.05) is 48.5 Å². The second-order valence-electron chi connectivity index (χ2n) is 4.44. The SMILES string of the molecule is N#CC1=C(S)NC(c2ccccc2)=C[C@H]1c1ccco1. The number of nitrogens with zero attached hydrogens (tertiary/aromatic N) is 1. The fourth-order valence-electron chi connectivity index (χ4n) is 2.24. The van der Waals surface area contributed by atoms with Crippen LogP contribution in [0.5, 0.6) is 0 Å². The van der Waals surface area contributed by atoms with E-state index in [-0.39, 0.29) is 5.92 Å². The number of furan rings is 1. The lowest BCUT2D eigenvalue weighted by molar-refractivity contribution is 0.505. The van der Waals surface area contributed by atoms with Crippen LogP contribution in [0.2, 0.25) is 0 Å². The van der Waals surface area contributed by atoms with Crippen LogP contribution in [0.25, 0.3) is 5.70 Å².